The van der Waals surface area contributed by atoms with Gasteiger partial charge in [0.25, 0.3) is 0 Å². The summed E-state index contributed by atoms with van der Waals surface area (Å²) in [4.78, 5) is 25.4. The molecular formula is C14H16N2O3. The van der Waals surface area contributed by atoms with Gasteiger partial charge >= 0.3 is 5.97 Å². The maximum Gasteiger partial charge on any atom is 0.329 e. The topological polar surface area (TPSA) is 70.4 Å². The van der Waals surface area contributed by atoms with Gasteiger partial charge in [0.05, 0.1) is 31.7 Å². The van der Waals surface area contributed by atoms with Gasteiger partial charge in [-0.05, 0) is 13.3 Å². The molecule has 19 heavy (non-hydrogen) atoms. The van der Waals surface area contributed by atoms with Crippen LogP contribution in [0, 0.1) is 29.1 Å². The number of carbonyl (C=O) groups excluding carboxylic acids is 2. The van der Waals surface area contributed by atoms with Gasteiger partial charge in [-0.3, -0.25) is 9.59 Å². The van der Waals surface area contributed by atoms with E-state index >= 15 is 0 Å². The van der Waals surface area contributed by atoms with Gasteiger partial charge in [-0.25, -0.2) is 0 Å². The largest absolute Gasteiger partial charge is 0.465 e. The lowest BCUT2D eigenvalue weighted by Crippen LogP contribution is -2.45. The Labute approximate surface area is 112 Å². The molecule has 1 aliphatic heterocycles. The molecule has 0 saturated carbocycles. The Hall–Kier alpha value is -2.27. The molecule has 100 valence electrons. The summed E-state index contributed by atoms with van der Waals surface area (Å²) in [5.41, 5.74) is -1.49. The van der Waals surface area contributed by atoms with Crippen molar-refractivity contribution < 1.29 is 14.3 Å². The second-order valence-corrected chi connectivity index (χ2v) is 4.25. The minimum Gasteiger partial charge on any atom is -0.465 e. The molecule has 0 spiro atoms. The van der Waals surface area contributed by atoms with Crippen LogP contribution >= 0.6 is 0 Å². The van der Waals surface area contributed by atoms with E-state index in [2.05, 4.69) is 12.5 Å². The third kappa shape index (κ3) is 2.46. The number of terminal acetylenes is 1. The quantitative estimate of drug-likeness (QED) is 0.418. The van der Waals surface area contributed by atoms with Gasteiger partial charge in [-0.2, -0.15) is 5.26 Å². The van der Waals surface area contributed by atoms with Crippen molar-refractivity contribution in [2.45, 2.75) is 25.8 Å². The fraction of sp³-hybridized carbons (Fsp3) is 0.500. The third-order valence-corrected chi connectivity index (χ3v) is 3.19. The van der Waals surface area contributed by atoms with Crippen molar-refractivity contribution in [2.24, 2.45) is 5.41 Å². The van der Waals surface area contributed by atoms with Crippen molar-refractivity contribution in [3.05, 3.63) is 12.7 Å². The predicted molar refractivity (Wildman–Crippen MR) is 68.4 cm³/mol. The predicted octanol–water partition coefficient (Wildman–Crippen LogP) is 0.870. The molecule has 0 aromatic heterocycles. The van der Waals surface area contributed by atoms with E-state index in [1.807, 2.05) is 6.07 Å². The highest BCUT2D eigenvalue weighted by molar-refractivity contribution is 5.93. The van der Waals surface area contributed by atoms with Crippen LogP contribution in [-0.4, -0.2) is 36.0 Å². The minimum atomic E-state index is -1.49. The van der Waals surface area contributed by atoms with Crippen LogP contribution in [0.4, 0.5) is 0 Å². The standard InChI is InChI=1S/C14H16N2O3/c1-4-7-11-14(10-15,13(18)19-6-3)9-12(17)16(11)8-5-2/h2,4,11H,1,6-9H2,3H3/t11-,14-/m0/s1. The number of hydrogen-bond acceptors (Lipinski definition) is 4. The van der Waals surface area contributed by atoms with E-state index in [4.69, 9.17) is 11.2 Å². The normalized spacial score (nSPS) is 25.5. The minimum absolute atomic E-state index is 0.0696. The molecule has 0 aromatic carbocycles. The zero-order chi connectivity index (χ0) is 14.5. The second kappa shape index (κ2) is 6.06. The van der Waals surface area contributed by atoms with E-state index in [0.29, 0.717) is 6.42 Å². The molecule has 5 nitrogen and oxygen atoms in total. The highest BCUT2D eigenvalue weighted by atomic mass is 16.5. The molecule has 5 heteroatoms. The SMILES string of the molecule is C#CCN1C(=O)C[C@@](C#N)(C(=O)OCC)[C@@H]1CC=C. The van der Waals surface area contributed by atoms with Crippen molar-refractivity contribution in [1.82, 2.24) is 4.90 Å². The number of ether oxygens (including phenoxy) is 1. The fourth-order valence-electron chi connectivity index (χ4n) is 2.31. The highest BCUT2D eigenvalue weighted by Gasteiger charge is 2.57. The van der Waals surface area contributed by atoms with E-state index in [-0.39, 0.29) is 25.5 Å². The van der Waals surface area contributed by atoms with Crippen molar-refractivity contribution in [3.8, 4) is 18.4 Å². The number of rotatable bonds is 5. The summed E-state index contributed by atoms with van der Waals surface area (Å²) in [6, 6.07) is 1.35. The summed E-state index contributed by atoms with van der Waals surface area (Å²) < 4.78 is 4.95. The van der Waals surface area contributed by atoms with Crippen LogP contribution in [0.15, 0.2) is 12.7 Å². The first-order valence-electron chi connectivity index (χ1n) is 5.99. The number of nitrogens with zero attached hydrogens (tertiary/aromatic N) is 2. The second-order valence-electron chi connectivity index (χ2n) is 4.25. The molecule has 0 bridgehead atoms. The summed E-state index contributed by atoms with van der Waals surface area (Å²) in [5, 5.41) is 9.40. The van der Waals surface area contributed by atoms with Gasteiger partial charge in [0.2, 0.25) is 5.91 Å². The van der Waals surface area contributed by atoms with E-state index in [1.54, 1.807) is 13.0 Å². The van der Waals surface area contributed by atoms with Gasteiger partial charge in [0.15, 0.2) is 5.41 Å². The number of esters is 1. The smallest absolute Gasteiger partial charge is 0.329 e. The van der Waals surface area contributed by atoms with Gasteiger partial charge < -0.3 is 9.64 Å². The summed E-state index contributed by atoms with van der Waals surface area (Å²) in [7, 11) is 0. The van der Waals surface area contributed by atoms with E-state index in [1.165, 1.54) is 4.90 Å². The van der Waals surface area contributed by atoms with Crippen LogP contribution in [-0.2, 0) is 14.3 Å². The van der Waals surface area contributed by atoms with Gasteiger partial charge in [0.1, 0.15) is 0 Å². The van der Waals surface area contributed by atoms with Gasteiger partial charge in [-0.15, -0.1) is 13.0 Å². The molecule has 1 saturated heterocycles. The molecule has 0 N–H and O–H groups in total. The van der Waals surface area contributed by atoms with Crippen LogP contribution in [0.2, 0.25) is 0 Å². The number of nitriles is 1. The van der Waals surface area contributed by atoms with Gasteiger partial charge in [-0.1, -0.05) is 12.0 Å². The molecule has 1 aliphatic rings. The van der Waals surface area contributed by atoms with Gasteiger partial charge in [0, 0.05) is 0 Å². The maximum atomic E-state index is 12.1. The molecule has 0 aromatic rings. The molecule has 0 aliphatic carbocycles. The fourth-order valence-corrected chi connectivity index (χ4v) is 2.31. The molecule has 1 heterocycles. The first-order valence-corrected chi connectivity index (χ1v) is 5.99. The Morgan fingerprint density at radius 2 is 2.47 bits per heavy atom. The Bertz CT molecular complexity index is 472. The lowest BCUT2D eigenvalue weighted by atomic mass is 9.80. The van der Waals surface area contributed by atoms with Crippen LogP contribution in [0.3, 0.4) is 0 Å². The Morgan fingerprint density at radius 1 is 1.79 bits per heavy atom. The monoisotopic (exact) mass is 260 g/mol. The molecule has 0 radical (unpaired) electrons. The van der Waals surface area contributed by atoms with E-state index in [9.17, 15) is 14.9 Å². The summed E-state index contributed by atoms with van der Waals surface area (Å²) in [5.74, 6) is 1.40. The zero-order valence-electron chi connectivity index (χ0n) is 10.9. The number of likely N-dealkylation sites (tertiary alicyclic amines) is 1. The Balaban J connectivity index is 3.19. The highest BCUT2D eigenvalue weighted by Crippen LogP contribution is 2.40. The Kier molecular flexibility index (Phi) is 4.72. The van der Waals surface area contributed by atoms with E-state index in [0.717, 1.165) is 0 Å². The molecular weight excluding hydrogens is 244 g/mol. The first-order chi connectivity index (χ1) is 9.07. The van der Waals surface area contributed by atoms with Crippen molar-refractivity contribution in [2.75, 3.05) is 13.2 Å². The van der Waals surface area contributed by atoms with Crippen molar-refractivity contribution in [3.63, 3.8) is 0 Å². The molecule has 1 rings (SSSR count). The number of hydrogen-bond donors (Lipinski definition) is 0. The van der Waals surface area contributed by atoms with Crippen molar-refractivity contribution >= 4 is 11.9 Å². The molecule has 0 unspecified atom stereocenters. The average molecular weight is 260 g/mol. The third-order valence-electron chi connectivity index (χ3n) is 3.19. The Morgan fingerprint density at radius 3 is 2.95 bits per heavy atom. The van der Waals surface area contributed by atoms with E-state index < -0.39 is 17.4 Å². The lowest BCUT2D eigenvalue weighted by molar-refractivity contribution is -0.153. The van der Waals surface area contributed by atoms with Crippen LogP contribution in [0.5, 0.6) is 0 Å². The maximum absolute atomic E-state index is 12.1. The van der Waals surface area contributed by atoms with Crippen LogP contribution in [0.1, 0.15) is 19.8 Å². The molecule has 2 atom stereocenters. The van der Waals surface area contributed by atoms with Crippen LogP contribution < -0.4 is 0 Å². The number of carbonyl (C=O) groups is 2. The number of amides is 1. The summed E-state index contributed by atoms with van der Waals surface area (Å²) >= 11 is 0. The molecule has 1 amide bonds. The summed E-state index contributed by atoms with van der Waals surface area (Å²) in [6.45, 7) is 5.48. The summed E-state index contributed by atoms with van der Waals surface area (Å²) in [6.07, 6.45) is 6.92. The lowest BCUT2D eigenvalue weighted by Gasteiger charge is -2.29. The first kappa shape index (κ1) is 14.8. The van der Waals surface area contributed by atoms with Crippen molar-refractivity contribution in [1.29, 1.82) is 5.26 Å². The average Bonchev–Trinajstić information content (AvgIpc) is 2.66. The van der Waals surface area contributed by atoms with Crippen LogP contribution in [0.25, 0.3) is 0 Å². The zero-order valence-corrected chi connectivity index (χ0v) is 10.9. The molecule has 1 fully saturated rings.